The zero-order chi connectivity index (χ0) is 30.1. The van der Waals surface area contributed by atoms with Gasteiger partial charge in [-0.15, -0.1) is 0 Å². The first kappa shape index (κ1) is 29.3. The molecule has 4 aromatic rings. The lowest BCUT2D eigenvalue weighted by Gasteiger charge is -2.34. The van der Waals surface area contributed by atoms with Gasteiger partial charge in [0.1, 0.15) is 18.2 Å². The van der Waals surface area contributed by atoms with Gasteiger partial charge >= 0.3 is 18.9 Å². The summed E-state index contributed by atoms with van der Waals surface area (Å²) in [6.45, 7) is -2.31. The van der Waals surface area contributed by atoms with Crippen LogP contribution in [0.5, 0.6) is 0 Å². The topological polar surface area (TPSA) is 119 Å². The van der Waals surface area contributed by atoms with E-state index in [0.29, 0.717) is 57.8 Å². The minimum Gasteiger partial charge on any atom is -0.390 e. The number of nitrogens with zero attached hydrogens (tertiary/aromatic N) is 7. The molecule has 0 amide bonds. The van der Waals surface area contributed by atoms with Crippen molar-refractivity contribution in [2.45, 2.75) is 69.7 Å². The molecule has 0 radical (unpaired) electrons. The monoisotopic (exact) mass is 595 g/mol. The fourth-order valence-electron chi connectivity index (χ4n) is 4.59. The molecule has 3 N–H and O–H groups in total. The van der Waals surface area contributed by atoms with E-state index in [4.69, 9.17) is 0 Å². The van der Waals surface area contributed by atoms with E-state index in [2.05, 4.69) is 35.8 Å². The molecule has 1 fully saturated rings. The molecule has 1 saturated carbocycles. The van der Waals surface area contributed by atoms with Gasteiger partial charge in [-0.2, -0.15) is 27.8 Å². The maximum absolute atomic E-state index is 13.4. The van der Waals surface area contributed by atoms with Crippen molar-refractivity contribution in [3.63, 3.8) is 0 Å². The van der Waals surface area contributed by atoms with Gasteiger partial charge in [-0.25, -0.2) is 28.4 Å². The van der Waals surface area contributed by atoms with Crippen molar-refractivity contribution in [3.8, 4) is 22.6 Å². The molecule has 0 spiro atoms. The molecule has 4 heterocycles. The van der Waals surface area contributed by atoms with Crippen molar-refractivity contribution < 1.29 is 31.4 Å². The highest BCUT2D eigenvalue weighted by atomic mass is 19.3. The van der Waals surface area contributed by atoms with Crippen LogP contribution in [-0.4, -0.2) is 63.6 Å². The number of rotatable bonds is 10. The third-order valence-corrected chi connectivity index (χ3v) is 6.91. The number of aliphatic hydroxyl groups is 1. The summed E-state index contributed by atoms with van der Waals surface area (Å²) in [7, 11) is 0. The molecule has 16 heteroatoms. The van der Waals surface area contributed by atoms with Gasteiger partial charge in [-0.1, -0.05) is 0 Å². The number of hydrogen-bond donors (Lipinski definition) is 3. The van der Waals surface area contributed by atoms with Crippen LogP contribution in [0.15, 0.2) is 49.2 Å². The number of halogens is 6. The lowest BCUT2D eigenvalue weighted by molar-refractivity contribution is -0.139. The van der Waals surface area contributed by atoms with Crippen LogP contribution in [0.25, 0.3) is 22.6 Å². The molecular formula is C26H27F6N9O. The van der Waals surface area contributed by atoms with Gasteiger partial charge in [0.25, 0.3) is 0 Å². The SMILES string of the molecule is CC1(O)CCC(Nc2cc(Nc3ccnc(-c4cnn(CC(F)(F)C(F)F)c4)n3)ncc2-c2ccn(C(F)F)n2)CC1. The zero-order valence-corrected chi connectivity index (χ0v) is 22.2. The quantitative estimate of drug-likeness (QED) is 0.199. The number of aromatic nitrogens is 7. The smallest absolute Gasteiger partial charge is 0.333 e. The predicted octanol–water partition coefficient (Wildman–Crippen LogP) is 5.74. The second-order valence-electron chi connectivity index (χ2n) is 10.4. The van der Waals surface area contributed by atoms with E-state index < -0.39 is 31.0 Å². The second kappa shape index (κ2) is 11.6. The van der Waals surface area contributed by atoms with Crippen molar-refractivity contribution in [2.24, 2.45) is 0 Å². The summed E-state index contributed by atoms with van der Waals surface area (Å²) in [5.41, 5.74) is 0.853. The van der Waals surface area contributed by atoms with Crippen LogP contribution in [-0.2, 0) is 6.54 Å². The lowest BCUT2D eigenvalue weighted by atomic mass is 9.83. The number of hydrogen-bond acceptors (Lipinski definition) is 8. The summed E-state index contributed by atoms with van der Waals surface area (Å²) in [4.78, 5) is 12.8. The number of anilines is 3. The maximum Gasteiger partial charge on any atom is 0.333 e. The highest BCUT2D eigenvalue weighted by Crippen LogP contribution is 2.34. The standard InChI is InChI=1S/C26H27F6N9O/c1-25(42)6-2-16(3-7-25)36-19-10-21(34-12-17(19)18-5-9-41(39-18)24(29)30)37-20-4-8-33-22(38-20)15-11-35-40(13-15)14-26(31,32)23(27)28/h4-5,8-13,16,23-24,42H,2-3,6-7,14H2,1H3,(H2,33,34,36,37,38). The van der Waals surface area contributed by atoms with E-state index in [1.165, 1.54) is 36.9 Å². The Hall–Kier alpha value is -4.21. The molecule has 0 saturated heterocycles. The summed E-state index contributed by atoms with van der Waals surface area (Å²) in [5, 5.41) is 24.5. The zero-order valence-electron chi connectivity index (χ0n) is 22.2. The highest BCUT2D eigenvalue weighted by molar-refractivity contribution is 5.78. The average Bonchev–Trinajstić information content (AvgIpc) is 3.60. The van der Waals surface area contributed by atoms with Crippen LogP contribution in [0.3, 0.4) is 0 Å². The molecule has 0 aliphatic heterocycles. The van der Waals surface area contributed by atoms with E-state index in [1.54, 1.807) is 13.0 Å². The molecule has 5 rings (SSSR count). The fraction of sp³-hybridized carbons (Fsp3) is 0.423. The number of pyridine rings is 1. The molecule has 0 unspecified atom stereocenters. The summed E-state index contributed by atoms with van der Waals surface area (Å²) in [6.07, 6.45) is 5.13. The molecular weight excluding hydrogens is 568 g/mol. The van der Waals surface area contributed by atoms with Gasteiger partial charge in [0, 0.05) is 48.1 Å². The molecule has 42 heavy (non-hydrogen) atoms. The molecule has 1 aliphatic rings. The van der Waals surface area contributed by atoms with Crippen molar-refractivity contribution in [2.75, 3.05) is 10.6 Å². The van der Waals surface area contributed by atoms with Crippen LogP contribution in [0.4, 0.5) is 43.7 Å². The van der Waals surface area contributed by atoms with E-state index in [0.717, 1.165) is 6.20 Å². The van der Waals surface area contributed by atoms with E-state index in [-0.39, 0.29) is 23.2 Å². The summed E-state index contributed by atoms with van der Waals surface area (Å²) in [6, 6.07) is 4.68. The van der Waals surface area contributed by atoms with Crippen LogP contribution in [0.2, 0.25) is 0 Å². The maximum atomic E-state index is 13.4. The average molecular weight is 596 g/mol. The Morgan fingerprint density at radius 2 is 1.86 bits per heavy atom. The Morgan fingerprint density at radius 3 is 2.55 bits per heavy atom. The Morgan fingerprint density at radius 1 is 1.10 bits per heavy atom. The Kier molecular flexibility index (Phi) is 8.08. The number of alkyl halides is 6. The van der Waals surface area contributed by atoms with Crippen LogP contribution < -0.4 is 10.6 Å². The second-order valence-corrected chi connectivity index (χ2v) is 10.4. The van der Waals surface area contributed by atoms with Gasteiger partial charge < -0.3 is 15.7 Å². The van der Waals surface area contributed by atoms with Gasteiger partial charge in [0.05, 0.1) is 23.1 Å². The molecule has 1 aliphatic carbocycles. The van der Waals surface area contributed by atoms with Crippen molar-refractivity contribution in [3.05, 3.63) is 49.2 Å². The van der Waals surface area contributed by atoms with Gasteiger partial charge in [0.2, 0.25) is 0 Å². The van der Waals surface area contributed by atoms with Crippen LogP contribution in [0, 0.1) is 0 Å². The third-order valence-electron chi connectivity index (χ3n) is 6.91. The lowest BCUT2D eigenvalue weighted by Crippen LogP contribution is -2.35. The summed E-state index contributed by atoms with van der Waals surface area (Å²) in [5.74, 6) is -3.51. The highest BCUT2D eigenvalue weighted by Gasteiger charge is 2.41. The van der Waals surface area contributed by atoms with Crippen LogP contribution in [0.1, 0.15) is 39.2 Å². The minimum absolute atomic E-state index is 0.0102. The van der Waals surface area contributed by atoms with Crippen molar-refractivity contribution >= 4 is 17.3 Å². The van der Waals surface area contributed by atoms with Crippen molar-refractivity contribution in [1.82, 2.24) is 34.5 Å². The normalized spacial score (nSPS) is 19.4. The predicted molar refractivity (Wildman–Crippen MR) is 141 cm³/mol. The third kappa shape index (κ3) is 6.80. The molecule has 4 aromatic heterocycles. The molecule has 0 bridgehead atoms. The molecule has 0 atom stereocenters. The summed E-state index contributed by atoms with van der Waals surface area (Å²) < 4.78 is 79.5. The Balaban J connectivity index is 1.38. The minimum atomic E-state index is -4.25. The van der Waals surface area contributed by atoms with Gasteiger partial charge in [-0.3, -0.25) is 4.68 Å². The molecule has 224 valence electrons. The first-order valence-corrected chi connectivity index (χ1v) is 13.0. The first-order chi connectivity index (χ1) is 19.9. The fourth-order valence-corrected chi connectivity index (χ4v) is 4.59. The largest absolute Gasteiger partial charge is 0.390 e. The van der Waals surface area contributed by atoms with E-state index in [9.17, 15) is 31.4 Å². The van der Waals surface area contributed by atoms with Gasteiger partial charge in [0.15, 0.2) is 5.82 Å². The first-order valence-electron chi connectivity index (χ1n) is 13.0. The Bertz CT molecular complexity index is 1510. The van der Waals surface area contributed by atoms with E-state index in [1.807, 2.05) is 0 Å². The Labute approximate surface area is 235 Å². The van der Waals surface area contributed by atoms with Crippen LogP contribution >= 0.6 is 0 Å². The van der Waals surface area contributed by atoms with E-state index >= 15 is 0 Å². The van der Waals surface area contributed by atoms with Gasteiger partial charge in [-0.05, 0) is 44.7 Å². The number of nitrogens with one attached hydrogen (secondary N) is 2. The summed E-state index contributed by atoms with van der Waals surface area (Å²) >= 11 is 0. The van der Waals surface area contributed by atoms with Crippen molar-refractivity contribution in [1.29, 1.82) is 0 Å². The molecule has 0 aromatic carbocycles. The molecule has 10 nitrogen and oxygen atoms in total.